The number of hydrogen-bond donors (Lipinski definition) is 1. The molecule has 0 radical (unpaired) electrons. The molecule has 0 saturated heterocycles. The van der Waals surface area contributed by atoms with Crippen LogP contribution < -0.4 is 0 Å². The molecule has 0 spiro atoms. The normalized spacial score (nSPS) is 11.3. The molecule has 1 rings (SSSR count). The molecule has 0 aliphatic rings. The molecule has 1 aromatic rings. The molecular formula is C12H19NO2S. The van der Waals surface area contributed by atoms with E-state index in [9.17, 15) is 4.79 Å². The molecule has 1 heterocycles. The summed E-state index contributed by atoms with van der Waals surface area (Å²) in [5.74, 6) is -0.124. The second kappa shape index (κ2) is 6.01. The van der Waals surface area contributed by atoms with Crippen LogP contribution in [0.1, 0.15) is 34.8 Å². The Balaban J connectivity index is 2.43. The highest BCUT2D eigenvalue weighted by molar-refractivity contribution is 7.13. The number of aromatic carboxylic acids is 1. The van der Waals surface area contributed by atoms with Gasteiger partial charge in [0.2, 0.25) is 0 Å². The van der Waals surface area contributed by atoms with Crippen LogP contribution in [0.2, 0.25) is 0 Å². The van der Waals surface area contributed by atoms with Crippen LogP contribution in [-0.2, 0) is 6.54 Å². The minimum absolute atomic E-state index is 0.423. The highest BCUT2D eigenvalue weighted by Gasteiger charge is 2.08. The molecule has 90 valence electrons. The van der Waals surface area contributed by atoms with Crippen molar-refractivity contribution < 1.29 is 9.90 Å². The number of nitrogens with zero attached hydrogens (tertiary/aromatic N) is 1. The van der Waals surface area contributed by atoms with E-state index in [-0.39, 0.29) is 0 Å². The standard InChI is InChI=1S/C12H19NO2S/c1-9(2)6-7-13(3)8-10-4-5-11(16-10)12(14)15/h4-5,9H,6-8H2,1-3H3,(H,14,15). The average molecular weight is 241 g/mol. The molecule has 0 bridgehead atoms. The number of carbonyl (C=O) groups is 1. The summed E-state index contributed by atoms with van der Waals surface area (Å²) in [6.45, 7) is 6.31. The smallest absolute Gasteiger partial charge is 0.345 e. The van der Waals surface area contributed by atoms with Gasteiger partial charge >= 0.3 is 5.97 Å². The van der Waals surface area contributed by atoms with Gasteiger partial charge in [-0.2, -0.15) is 0 Å². The molecule has 1 aromatic heterocycles. The summed E-state index contributed by atoms with van der Waals surface area (Å²) in [6.07, 6.45) is 1.17. The van der Waals surface area contributed by atoms with Gasteiger partial charge in [0.05, 0.1) is 0 Å². The predicted molar refractivity (Wildman–Crippen MR) is 67.1 cm³/mol. The predicted octanol–water partition coefficient (Wildman–Crippen LogP) is 2.92. The van der Waals surface area contributed by atoms with Crippen LogP contribution in [0.25, 0.3) is 0 Å². The summed E-state index contributed by atoms with van der Waals surface area (Å²) < 4.78 is 0. The Morgan fingerprint density at radius 2 is 2.19 bits per heavy atom. The van der Waals surface area contributed by atoms with Crippen molar-refractivity contribution in [2.75, 3.05) is 13.6 Å². The van der Waals surface area contributed by atoms with E-state index >= 15 is 0 Å². The highest BCUT2D eigenvalue weighted by atomic mass is 32.1. The topological polar surface area (TPSA) is 40.5 Å². The average Bonchev–Trinajstić information content (AvgIpc) is 2.63. The Labute approximate surface area is 101 Å². The lowest BCUT2D eigenvalue weighted by molar-refractivity contribution is 0.0702. The van der Waals surface area contributed by atoms with Gasteiger partial charge in [-0.3, -0.25) is 0 Å². The Morgan fingerprint density at radius 3 is 2.69 bits per heavy atom. The van der Waals surface area contributed by atoms with Gasteiger partial charge in [-0.25, -0.2) is 4.79 Å². The molecule has 0 saturated carbocycles. The van der Waals surface area contributed by atoms with E-state index in [0.29, 0.717) is 10.8 Å². The lowest BCUT2D eigenvalue weighted by Gasteiger charge is -2.16. The van der Waals surface area contributed by atoms with Gasteiger partial charge in [0.1, 0.15) is 4.88 Å². The number of carboxylic acids is 1. The van der Waals surface area contributed by atoms with Crippen LogP contribution in [0, 0.1) is 5.92 Å². The molecule has 0 aliphatic heterocycles. The largest absolute Gasteiger partial charge is 0.477 e. The SMILES string of the molecule is CC(C)CCN(C)Cc1ccc(C(=O)O)s1. The maximum Gasteiger partial charge on any atom is 0.345 e. The van der Waals surface area contributed by atoms with Crippen molar-refractivity contribution in [1.29, 1.82) is 0 Å². The number of hydrogen-bond acceptors (Lipinski definition) is 3. The number of carboxylic acid groups (broad SMARTS) is 1. The zero-order valence-electron chi connectivity index (χ0n) is 10.1. The molecular weight excluding hydrogens is 222 g/mol. The maximum absolute atomic E-state index is 10.7. The fraction of sp³-hybridized carbons (Fsp3) is 0.583. The van der Waals surface area contributed by atoms with Gasteiger partial charge in [-0.05, 0) is 38.1 Å². The molecule has 0 unspecified atom stereocenters. The Hall–Kier alpha value is -0.870. The third-order valence-electron chi connectivity index (χ3n) is 2.39. The summed E-state index contributed by atoms with van der Waals surface area (Å²) in [7, 11) is 2.07. The summed E-state index contributed by atoms with van der Waals surface area (Å²) in [4.78, 5) is 14.5. The van der Waals surface area contributed by atoms with E-state index in [1.54, 1.807) is 6.07 Å². The van der Waals surface area contributed by atoms with E-state index in [1.807, 2.05) is 6.07 Å². The number of thiophene rings is 1. The van der Waals surface area contributed by atoms with E-state index in [0.717, 1.165) is 18.0 Å². The summed E-state index contributed by atoms with van der Waals surface area (Å²) >= 11 is 1.36. The van der Waals surface area contributed by atoms with E-state index < -0.39 is 5.97 Å². The highest BCUT2D eigenvalue weighted by Crippen LogP contribution is 2.18. The van der Waals surface area contributed by atoms with Crippen LogP contribution in [0.4, 0.5) is 0 Å². The van der Waals surface area contributed by atoms with Gasteiger partial charge in [-0.15, -0.1) is 11.3 Å². The van der Waals surface area contributed by atoms with Gasteiger partial charge in [0, 0.05) is 11.4 Å². The van der Waals surface area contributed by atoms with Crippen molar-refractivity contribution >= 4 is 17.3 Å². The van der Waals surface area contributed by atoms with Gasteiger partial charge in [0.25, 0.3) is 0 Å². The molecule has 3 nitrogen and oxygen atoms in total. The van der Waals surface area contributed by atoms with Gasteiger partial charge in [-0.1, -0.05) is 13.8 Å². The quantitative estimate of drug-likeness (QED) is 0.832. The van der Waals surface area contributed by atoms with Gasteiger partial charge < -0.3 is 10.0 Å². The zero-order chi connectivity index (χ0) is 12.1. The lowest BCUT2D eigenvalue weighted by atomic mass is 10.1. The van der Waals surface area contributed by atoms with Crippen molar-refractivity contribution in [2.45, 2.75) is 26.8 Å². The van der Waals surface area contributed by atoms with Gasteiger partial charge in [0.15, 0.2) is 0 Å². The van der Waals surface area contributed by atoms with Crippen LogP contribution in [0.15, 0.2) is 12.1 Å². The van der Waals surface area contributed by atoms with E-state index in [2.05, 4.69) is 25.8 Å². The molecule has 4 heteroatoms. The monoisotopic (exact) mass is 241 g/mol. The molecule has 0 aliphatic carbocycles. The summed E-state index contributed by atoms with van der Waals surface area (Å²) in [6, 6.07) is 3.58. The minimum Gasteiger partial charge on any atom is -0.477 e. The van der Waals surface area contributed by atoms with Crippen LogP contribution in [0.3, 0.4) is 0 Å². The van der Waals surface area contributed by atoms with Crippen LogP contribution in [0.5, 0.6) is 0 Å². The second-order valence-corrected chi connectivity index (χ2v) is 5.66. The number of rotatable bonds is 6. The summed E-state index contributed by atoms with van der Waals surface area (Å²) in [5.41, 5.74) is 0. The Morgan fingerprint density at radius 1 is 1.50 bits per heavy atom. The molecule has 0 aromatic carbocycles. The van der Waals surface area contributed by atoms with Crippen LogP contribution >= 0.6 is 11.3 Å². The maximum atomic E-state index is 10.7. The van der Waals surface area contributed by atoms with Crippen molar-refractivity contribution in [3.05, 3.63) is 21.9 Å². The minimum atomic E-state index is -0.832. The first-order valence-electron chi connectivity index (χ1n) is 5.49. The molecule has 0 fully saturated rings. The molecule has 0 amide bonds. The van der Waals surface area contributed by atoms with Crippen molar-refractivity contribution in [3.8, 4) is 0 Å². The third-order valence-corrected chi connectivity index (χ3v) is 3.44. The fourth-order valence-corrected chi connectivity index (χ4v) is 2.33. The lowest BCUT2D eigenvalue weighted by Crippen LogP contribution is -2.19. The second-order valence-electron chi connectivity index (χ2n) is 4.49. The first kappa shape index (κ1) is 13.2. The van der Waals surface area contributed by atoms with E-state index in [4.69, 9.17) is 5.11 Å². The Kier molecular flexibility index (Phi) is 4.96. The molecule has 0 atom stereocenters. The van der Waals surface area contributed by atoms with E-state index in [1.165, 1.54) is 17.8 Å². The summed E-state index contributed by atoms with van der Waals surface area (Å²) in [5, 5.41) is 8.81. The van der Waals surface area contributed by atoms with Crippen molar-refractivity contribution in [2.24, 2.45) is 5.92 Å². The van der Waals surface area contributed by atoms with Crippen LogP contribution in [-0.4, -0.2) is 29.6 Å². The molecule has 16 heavy (non-hydrogen) atoms. The first-order chi connectivity index (χ1) is 7.49. The van der Waals surface area contributed by atoms with Crippen molar-refractivity contribution in [3.63, 3.8) is 0 Å². The zero-order valence-corrected chi connectivity index (χ0v) is 10.9. The fourth-order valence-electron chi connectivity index (χ4n) is 1.40. The third kappa shape index (κ3) is 4.33. The van der Waals surface area contributed by atoms with Crippen molar-refractivity contribution in [1.82, 2.24) is 4.90 Å². The Bertz CT molecular complexity index is 347. The molecule has 1 N–H and O–H groups in total. The first-order valence-corrected chi connectivity index (χ1v) is 6.31.